The van der Waals surface area contributed by atoms with Gasteiger partial charge in [0.15, 0.2) is 0 Å². The lowest BCUT2D eigenvalue weighted by Gasteiger charge is -2.33. The number of nitrogens with one attached hydrogen (secondary N) is 2. The highest BCUT2D eigenvalue weighted by Gasteiger charge is 2.24. The number of ether oxygens (including phenoxy) is 2. The lowest BCUT2D eigenvalue weighted by Crippen LogP contribution is -2.50. The Hall–Kier alpha value is -2.48. The molecule has 1 saturated heterocycles. The lowest BCUT2D eigenvalue weighted by molar-refractivity contribution is -0.134. The molecule has 0 saturated carbocycles. The number of hydrogen-bond acceptors (Lipinski definition) is 6. The van der Waals surface area contributed by atoms with Crippen LogP contribution in [0.25, 0.3) is 0 Å². The van der Waals surface area contributed by atoms with Gasteiger partial charge in [-0.2, -0.15) is 0 Å². The molecule has 0 bridgehead atoms. The molecule has 1 aromatic rings. The van der Waals surface area contributed by atoms with Gasteiger partial charge in [-0.05, 0) is 18.8 Å². The molecule has 1 heterocycles. The standard InChI is InChI=1S/C20H32N4O4/c1-13(2)19(21)20(26)22-12-18(25)24-7-5-14(6-8-24)23-15-9-16(27-3)11-17(10-15)28-4/h9-11,13-14,19,23H,5-8,12,21H2,1-4H3,(H,22,26)/t19-/m0/s1. The quantitative estimate of drug-likeness (QED) is 0.614. The minimum absolute atomic E-state index is 0.00949. The van der Waals surface area contributed by atoms with Crippen molar-refractivity contribution in [2.45, 2.75) is 38.8 Å². The Labute approximate surface area is 166 Å². The van der Waals surface area contributed by atoms with Crippen LogP contribution in [0.5, 0.6) is 11.5 Å². The van der Waals surface area contributed by atoms with Gasteiger partial charge in [-0.1, -0.05) is 13.8 Å². The largest absolute Gasteiger partial charge is 0.497 e. The Morgan fingerprint density at radius 3 is 2.21 bits per heavy atom. The predicted molar refractivity (Wildman–Crippen MR) is 109 cm³/mol. The van der Waals surface area contributed by atoms with E-state index in [-0.39, 0.29) is 30.3 Å². The maximum absolute atomic E-state index is 12.3. The van der Waals surface area contributed by atoms with Gasteiger partial charge in [0, 0.05) is 43.0 Å². The Morgan fingerprint density at radius 2 is 1.71 bits per heavy atom. The molecule has 0 unspecified atom stereocenters. The number of hydrogen-bond donors (Lipinski definition) is 3. The molecule has 8 nitrogen and oxygen atoms in total. The van der Waals surface area contributed by atoms with Crippen molar-refractivity contribution in [3.05, 3.63) is 18.2 Å². The molecule has 1 fully saturated rings. The number of piperidine rings is 1. The first-order valence-electron chi connectivity index (χ1n) is 9.64. The van der Waals surface area contributed by atoms with Gasteiger partial charge >= 0.3 is 0 Å². The summed E-state index contributed by atoms with van der Waals surface area (Å²) in [6.07, 6.45) is 1.65. The molecular weight excluding hydrogens is 360 g/mol. The summed E-state index contributed by atoms with van der Waals surface area (Å²) >= 11 is 0. The molecule has 1 aliphatic heterocycles. The highest BCUT2D eigenvalue weighted by Crippen LogP contribution is 2.27. The molecule has 2 rings (SSSR count). The van der Waals surface area contributed by atoms with Crippen molar-refractivity contribution in [1.29, 1.82) is 0 Å². The van der Waals surface area contributed by atoms with Gasteiger partial charge in [0.05, 0.1) is 26.8 Å². The van der Waals surface area contributed by atoms with E-state index in [2.05, 4.69) is 10.6 Å². The van der Waals surface area contributed by atoms with Crippen molar-refractivity contribution in [2.24, 2.45) is 11.7 Å². The average molecular weight is 393 g/mol. The summed E-state index contributed by atoms with van der Waals surface area (Å²) in [5, 5.41) is 6.12. The zero-order valence-electron chi connectivity index (χ0n) is 17.2. The maximum atomic E-state index is 12.3. The molecule has 156 valence electrons. The molecule has 1 aliphatic rings. The highest BCUT2D eigenvalue weighted by atomic mass is 16.5. The van der Waals surface area contributed by atoms with Crippen LogP contribution in [0.2, 0.25) is 0 Å². The number of rotatable bonds is 8. The summed E-state index contributed by atoms with van der Waals surface area (Å²) in [7, 11) is 3.24. The van der Waals surface area contributed by atoms with Crippen LogP contribution in [0.4, 0.5) is 5.69 Å². The molecule has 28 heavy (non-hydrogen) atoms. The van der Waals surface area contributed by atoms with Crippen LogP contribution < -0.4 is 25.8 Å². The van der Waals surface area contributed by atoms with Gasteiger partial charge in [-0.3, -0.25) is 9.59 Å². The number of carbonyl (C=O) groups excluding carboxylic acids is 2. The van der Waals surface area contributed by atoms with Crippen LogP contribution in [-0.4, -0.2) is 62.7 Å². The van der Waals surface area contributed by atoms with Crippen LogP contribution in [0.1, 0.15) is 26.7 Å². The van der Waals surface area contributed by atoms with Crippen molar-refractivity contribution in [2.75, 3.05) is 39.2 Å². The first-order valence-corrected chi connectivity index (χ1v) is 9.64. The van der Waals surface area contributed by atoms with E-state index in [1.807, 2.05) is 32.0 Å². The number of nitrogens with two attached hydrogens (primary N) is 1. The second-order valence-corrected chi connectivity index (χ2v) is 7.39. The zero-order valence-corrected chi connectivity index (χ0v) is 17.2. The summed E-state index contributed by atoms with van der Waals surface area (Å²) in [5.74, 6) is 1.12. The lowest BCUT2D eigenvalue weighted by atomic mass is 10.0. The van der Waals surface area contributed by atoms with Crippen molar-refractivity contribution >= 4 is 17.5 Å². The number of likely N-dealkylation sites (tertiary alicyclic amines) is 1. The minimum Gasteiger partial charge on any atom is -0.497 e. The van der Waals surface area contributed by atoms with Crippen molar-refractivity contribution in [1.82, 2.24) is 10.2 Å². The van der Waals surface area contributed by atoms with E-state index in [0.717, 1.165) is 30.0 Å². The molecule has 8 heteroatoms. The van der Waals surface area contributed by atoms with E-state index in [4.69, 9.17) is 15.2 Å². The molecule has 1 aromatic carbocycles. The van der Waals surface area contributed by atoms with Crippen LogP contribution in [0.15, 0.2) is 18.2 Å². The first-order chi connectivity index (χ1) is 13.3. The van der Waals surface area contributed by atoms with E-state index in [1.165, 1.54) is 0 Å². The minimum atomic E-state index is -0.595. The SMILES string of the molecule is COc1cc(NC2CCN(C(=O)CNC(=O)[C@@H](N)C(C)C)CC2)cc(OC)c1. The second kappa shape index (κ2) is 10.2. The number of carbonyl (C=O) groups is 2. The first kappa shape index (κ1) is 21.8. The van der Waals surface area contributed by atoms with E-state index in [9.17, 15) is 9.59 Å². The van der Waals surface area contributed by atoms with Gasteiger partial charge in [-0.25, -0.2) is 0 Å². The summed E-state index contributed by atoms with van der Waals surface area (Å²) in [4.78, 5) is 26.0. The molecule has 2 amide bonds. The molecule has 1 atom stereocenters. The van der Waals surface area contributed by atoms with Crippen molar-refractivity contribution < 1.29 is 19.1 Å². The summed E-state index contributed by atoms with van der Waals surface area (Å²) in [5.41, 5.74) is 6.72. The van der Waals surface area contributed by atoms with Gasteiger partial charge < -0.3 is 30.7 Å². The molecule has 0 spiro atoms. The van der Waals surface area contributed by atoms with Crippen molar-refractivity contribution in [3.8, 4) is 11.5 Å². The molecule has 0 aliphatic carbocycles. The van der Waals surface area contributed by atoms with Crippen molar-refractivity contribution in [3.63, 3.8) is 0 Å². The Balaban J connectivity index is 1.81. The fourth-order valence-corrected chi connectivity index (χ4v) is 3.09. The molecule has 0 aromatic heterocycles. The van der Waals surface area contributed by atoms with E-state index >= 15 is 0 Å². The molecule has 4 N–H and O–H groups in total. The van der Waals surface area contributed by atoms with Gasteiger partial charge in [0.25, 0.3) is 0 Å². The van der Waals surface area contributed by atoms with Gasteiger partial charge in [0.1, 0.15) is 11.5 Å². The number of benzene rings is 1. The van der Waals surface area contributed by atoms with E-state index in [0.29, 0.717) is 13.1 Å². The average Bonchev–Trinajstić information content (AvgIpc) is 2.71. The topological polar surface area (TPSA) is 106 Å². The molecule has 0 radical (unpaired) electrons. The third-order valence-electron chi connectivity index (χ3n) is 5.00. The smallest absolute Gasteiger partial charge is 0.241 e. The number of nitrogens with zero attached hydrogens (tertiary/aromatic N) is 1. The number of amides is 2. The summed E-state index contributed by atoms with van der Waals surface area (Å²) < 4.78 is 10.6. The normalized spacial score (nSPS) is 15.9. The molecular formula is C20H32N4O4. The third-order valence-corrected chi connectivity index (χ3v) is 5.00. The zero-order chi connectivity index (χ0) is 20.7. The van der Waals surface area contributed by atoms with Gasteiger partial charge in [-0.15, -0.1) is 0 Å². The monoisotopic (exact) mass is 392 g/mol. The van der Waals surface area contributed by atoms with E-state index in [1.54, 1.807) is 19.1 Å². The second-order valence-electron chi connectivity index (χ2n) is 7.39. The predicted octanol–water partition coefficient (Wildman–Crippen LogP) is 1.21. The summed E-state index contributed by atoms with van der Waals surface area (Å²) in [6, 6.07) is 5.33. The maximum Gasteiger partial charge on any atom is 0.241 e. The Kier molecular flexibility index (Phi) is 7.92. The van der Waals surface area contributed by atoms with Crippen LogP contribution in [0.3, 0.4) is 0 Å². The van der Waals surface area contributed by atoms with Crippen LogP contribution in [-0.2, 0) is 9.59 Å². The van der Waals surface area contributed by atoms with E-state index < -0.39 is 6.04 Å². The Morgan fingerprint density at radius 1 is 1.14 bits per heavy atom. The number of methoxy groups -OCH3 is 2. The fraction of sp³-hybridized carbons (Fsp3) is 0.600. The third kappa shape index (κ3) is 6.02. The van der Waals surface area contributed by atoms with Gasteiger partial charge in [0.2, 0.25) is 11.8 Å². The van der Waals surface area contributed by atoms with Crippen LogP contribution in [0, 0.1) is 5.92 Å². The Bertz CT molecular complexity index is 650. The fourth-order valence-electron chi connectivity index (χ4n) is 3.09. The summed E-state index contributed by atoms with van der Waals surface area (Å²) in [6.45, 7) is 5.03. The highest BCUT2D eigenvalue weighted by molar-refractivity contribution is 5.87. The van der Waals surface area contributed by atoms with Crippen LogP contribution >= 0.6 is 0 Å². The number of anilines is 1.